The number of ether oxygens (including phenoxy) is 1. The van der Waals surface area contributed by atoms with Crippen LogP contribution < -0.4 is 16.3 Å². The molecule has 1 aliphatic rings. The van der Waals surface area contributed by atoms with E-state index >= 15 is 0 Å². The summed E-state index contributed by atoms with van der Waals surface area (Å²) in [4.78, 5) is 43.3. The van der Waals surface area contributed by atoms with Crippen molar-refractivity contribution >= 4 is 28.5 Å². The van der Waals surface area contributed by atoms with E-state index in [1.165, 1.54) is 6.20 Å². The Bertz CT molecular complexity index is 1230. The number of hydrogen-bond donors (Lipinski definition) is 2. The summed E-state index contributed by atoms with van der Waals surface area (Å²) < 4.78 is 6.93. The molecule has 3 heterocycles. The average Bonchev–Trinajstić information content (AvgIpc) is 2.77. The monoisotopic (exact) mass is 442 g/mol. The fraction of sp³-hybridized carbons (Fsp3) is 0.318. The number of H-pyrrole nitrogens is 1. The van der Waals surface area contributed by atoms with Crippen molar-refractivity contribution in [3.05, 3.63) is 78.8 Å². The van der Waals surface area contributed by atoms with Gasteiger partial charge in [0.1, 0.15) is 11.2 Å². The van der Waals surface area contributed by atoms with E-state index in [4.69, 9.17) is 16.3 Å². The van der Waals surface area contributed by atoms with Gasteiger partial charge in [-0.1, -0.05) is 23.7 Å². The summed E-state index contributed by atoms with van der Waals surface area (Å²) >= 11 is 5.88. The lowest BCUT2D eigenvalue weighted by Gasteiger charge is -2.26. The largest absolute Gasteiger partial charge is 0.379 e. The Labute approximate surface area is 183 Å². The van der Waals surface area contributed by atoms with Crippen molar-refractivity contribution in [3.8, 4) is 0 Å². The zero-order valence-electron chi connectivity index (χ0n) is 17.1. The predicted molar refractivity (Wildman–Crippen MR) is 119 cm³/mol. The number of aryl methyl sites for hydroxylation is 1. The Morgan fingerprint density at radius 3 is 2.61 bits per heavy atom. The molecule has 4 rings (SSSR count). The molecule has 0 atom stereocenters. The van der Waals surface area contributed by atoms with Crippen LogP contribution in [-0.4, -0.2) is 46.7 Å². The number of fused-ring (bicyclic) bond motifs is 1. The van der Waals surface area contributed by atoms with Gasteiger partial charge in [-0.3, -0.25) is 19.3 Å². The minimum Gasteiger partial charge on any atom is -0.379 e. The molecule has 0 spiro atoms. The number of carbonyl (C=O) groups excluding carboxylic acids is 1. The van der Waals surface area contributed by atoms with Crippen molar-refractivity contribution in [2.45, 2.75) is 13.1 Å². The first-order chi connectivity index (χ1) is 14.9. The zero-order chi connectivity index (χ0) is 22.0. The normalized spacial score (nSPS) is 14.6. The molecule has 3 aromatic rings. The SMILES string of the molecule is Cn1cc(C(=O)NCc2ccc(Cl)cc2)c(=O)c2cc(CN3CCOCC3)c(=O)[nH]c21. The lowest BCUT2D eigenvalue weighted by molar-refractivity contribution is 0.0340. The molecule has 0 radical (unpaired) electrons. The molecule has 1 aliphatic heterocycles. The van der Waals surface area contributed by atoms with Gasteiger partial charge >= 0.3 is 0 Å². The Morgan fingerprint density at radius 2 is 1.90 bits per heavy atom. The third kappa shape index (κ3) is 4.71. The Morgan fingerprint density at radius 1 is 1.19 bits per heavy atom. The molecular weight excluding hydrogens is 420 g/mol. The first kappa shape index (κ1) is 21.3. The van der Waals surface area contributed by atoms with Gasteiger partial charge in [0.25, 0.3) is 11.5 Å². The summed E-state index contributed by atoms with van der Waals surface area (Å²) in [5, 5.41) is 3.69. The highest BCUT2D eigenvalue weighted by atomic mass is 35.5. The maximum atomic E-state index is 13.1. The fourth-order valence-corrected chi connectivity index (χ4v) is 3.76. The van der Waals surface area contributed by atoms with Crippen LogP contribution in [0.3, 0.4) is 0 Å². The summed E-state index contributed by atoms with van der Waals surface area (Å²) in [7, 11) is 1.69. The molecule has 9 heteroatoms. The van der Waals surface area contributed by atoms with Crippen LogP contribution in [0.25, 0.3) is 11.0 Å². The van der Waals surface area contributed by atoms with E-state index < -0.39 is 11.3 Å². The molecule has 1 saturated heterocycles. The summed E-state index contributed by atoms with van der Waals surface area (Å²) in [6.45, 7) is 3.37. The quantitative estimate of drug-likeness (QED) is 0.626. The molecule has 0 aliphatic carbocycles. The third-order valence-corrected chi connectivity index (χ3v) is 5.62. The first-order valence-electron chi connectivity index (χ1n) is 10.0. The average molecular weight is 443 g/mol. The van der Waals surface area contributed by atoms with Crippen LogP contribution in [0.1, 0.15) is 21.5 Å². The number of morpholine rings is 1. The van der Waals surface area contributed by atoms with Crippen molar-refractivity contribution in [1.29, 1.82) is 0 Å². The van der Waals surface area contributed by atoms with Crippen molar-refractivity contribution in [2.24, 2.45) is 7.05 Å². The number of benzene rings is 1. The van der Waals surface area contributed by atoms with E-state index in [2.05, 4.69) is 15.2 Å². The molecular formula is C22H23ClN4O4. The van der Waals surface area contributed by atoms with Gasteiger partial charge in [-0.25, -0.2) is 0 Å². The lowest BCUT2D eigenvalue weighted by atomic mass is 10.1. The molecule has 1 amide bonds. The van der Waals surface area contributed by atoms with Crippen molar-refractivity contribution < 1.29 is 9.53 Å². The van der Waals surface area contributed by atoms with Gasteiger partial charge < -0.3 is 19.6 Å². The Kier molecular flexibility index (Phi) is 6.22. The topological polar surface area (TPSA) is 96.4 Å². The molecule has 1 aromatic carbocycles. The molecule has 0 bridgehead atoms. The van der Waals surface area contributed by atoms with Crippen LogP contribution >= 0.6 is 11.6 Å². The van der Waals surface area contributed by atoms with E-state index in [1.807, 2.05) is 12.1 Å². The Hall–Kier alpha value is -2.94. The van der Waals surface area contributed by atoms with Gasteiger partial charge in [-0.15, -0.1) is 0 Å². The van der Waals surface area contributed by atoms with Crippen LogP contribution in [0.4, 0.5) is 0 Å². The van der Waals surface area contributed by atoms with Crippen LogP contribution in [0.15, 0.2) is 46.1 Å². The number of nitrogens with zero attached hydrogens (tertiary/aromatic N) is 2. The van der Waals surface area contributed by atoms with Crippen molar-refractivity contribution in [3.63, 3.8) is 0 Å². The number of hydrogen-bond acceptors (Lipinski definition) is 5. The van der Waals surface area contributed by atoms with Gasteiger partial charge in [0, 0.05) is 50.0 Å². The van der Waals surface area contributed by atoms with Gasteiger partial charge in [0.15, 0.2) is 0 Å². The maximum Gasteiger partial charge on any atom is 0.257 e. The number of amides is 1. The number of halogens is 1. The Balaban J connectivity index is 1.63. The van der Waals surface area contributed by atoms with E-state index in [9.17, 15) is 14.4 Å². The van der Waals surface area contributed by atoms with E-state index in [0.29, 0.717) is 41.4 Å². The molecule has 1 fully saturated rings. The molecule has 8 nitrogen and oxygen atoms in total. The van der Waals surface area contributed by atoms with Crippen LogP contribution in [0, 0.1) is 0 Å². The smallest absolute Gasteiger partial charge is 0.257 e. The minimum atomic E-state index is -0.474. The van der Waals surface area contributed by atoms with Crippen LogP contribution in [0.5, 0.6) is 0 Å². The van der Waals surface area contributed by atoms with Gasteiger partial charge in [-0.2, -0.15) is 0 Å². The highest BCUT2D eigenvalue weighted by Crippen LogP contribution is 2.12. The molecule has 2 aromatic heterocycles. The molecule has 31 heavy (non-hydrogen) atoms. The highest BCUT2D eigenvalue weighted by molar-refractivity contribution is 6.30. The lowest BCUT2D eigenvalue weighted by Crippen LogP contribution is -2.37. The predicted octanol–water partition coefficient (Wildman–Crippen LogP) is 1.64. The third-order valence-electron chi connectivity index (χ3n) is 5.37. The second kappa shape index (κ2) is 9.05. The number of pyridine rings is 2. The zero-order valence-corrected chi connectivity index (χ0v) is 17.9. The van der Waals surface area contributed by atoms with Gasteiger partial charge in [0.05, 0.1) is 18.6 Å². The van der Waals surface area contributed by atoms with Gasteiger partial charge in [0.2, 0.25) is 5.43 Å². The summed E-state index contributed by atoms with van der Waals surface area (Å²) in [6.07, 6.45) is 1.44. The second-order valence-corrected chi connectivity index (χ2v) is 8.00. The van der Waals surface area contributed by atoms with E-state index in [-0.39, 0.29) is 17.7 Å². The maximum absolute atomic E-state index is 13.1. The van der Waals surface area contributed by atoms with Crippen molar-refractivity contribution in [1.82, 2.24) is 19.8 Å². The number of carbonyl (C=O) groups is 1. The molecule has 0 saturated carbocycles. The second-order valence-electron chi connectivity index (χ2n) is 7.57. The number of aromatic amines is 1. The summed E-state index contributed by atoms with van der Waals surface area (Å²) in [5.41, 5.74) is 1.11. The van der Waals surface area contributed by atoms with Crippen LogP contribution in [0.2, 0.25) is 5.02 Å². The van der Waals surface area contributed by atoms with Crippen molar-refractivity contribution in [2.75, 3.05) is 26.3 Å². The first-order valence-corrected chi connectivity index (χ1v) is 10.4. The fourth-order valence-electron chi connectivity index (χ4n) is 3.64. The number of aromatic nitrogens is 2. The molecule has 0 unspecified atom stereocenters. The summed E-state index contributed by atoms with van der Waals surface area (Å²) in [5.74, 6) is -0.474. The van der Waals surface area contributed by atoms with Gasteiger partial charge in [-0.05, 0) is 23.8 Å². The molecule has 162 valence electrons. The summed E-state index contributed by atoms with van der Waals surface area (Å²) in [6, 6.07) is 8.70. The van der Waals surface area contributed by atoms with Crippen LogP contribution in [-0.2, 0) is 24.9 Å². The van der Waals surface area contributed by atoms with E-state index in [0.717, 1.165) is 18.7 Å². The molecule has 2 N–H and O–H groups in total. The minimum absolute atomic E-state index is 0.0216. The number of nitrogens with one attached hydrogen (secondary N) is 2. The number of rotatable bonds is 5. The highest BCUT2D eigenvalue weighted by Gasteiger charge is 2.18. The standard InChI is InChI=1S/C22H23ClN4O4/c1-26-13-18(22(30)24-11-14-2-4-16(23)5-3-14)19(28)17-10-15(21(29)25-20(17)26)12-27-6-8-31-9-7-27/h2-5,10,13H,6-9,11-12H2,1H3,(H,24,30)(H,25,29). The van der Waals surface area contributed by atoms with E-state index in [1.54, 1.807) is 29.8 Å².